The molecular weight excluding hydrogens is 284 g/mol. The number of hydrogen-bond donors (Lipinski definition) is 0. The van der Waals surface area contributed by atoms with E-state index in [2.05, 4.69) is 81.4 Å². The summed E-state index contributed by atoms with van der Waals surface area (Å²) in [6.45, 7) is 15.1. The topological polar surface area (TPSA) is 0 Å². The molecular formula is C17H27Br. The van der Waals surface area contributed by atoms with E-state index in [1.165, 1.54) is 16.7 Å². The van der Waals surface area contributed by atoms with Gasteiger partial charge in [-0.15, -0.1) is 0 Å². The molecule has 0 rings (SSSR count). The maximum atomic E-state index is 4.19. The Morgan fingerprint density at radius 1 is 1.22 bits per heavy atom. The first kappa shape index (κ1) is 17.4. The Kier molecular flexibility index (Phi) is 8.26. The van der Waals surface area contributed by atoms with Gasteiger partial charge in [0, 0.05) is 5.33 Å². The average molecular weight is 311 g/mol. The Labute approximate surface area is 122 Å². The SMILES string of the molecule is C=C(CC(C)(C)C)/C(C)=C/C=C(\C=C/C)CCBr. The minimum Gasteiger partial charge on any atom is -0.0955 e. The Morgan fingerprint density at radius 3 is 2.28 bits per heavy atom. The van der Waals surface area contributed by atoms with Crippen LogP contribution < -0.4 is 0 Å². The van der Waals surface area contributed by atoms with Crippen molar-refractivity contribution in [1.29, 1.82) is 0 Å². The van der Waals surface area contributed by atoms with Gasteiger partial charge in [-0.1, -0.05) is 73.2 Å². The molecule has 0 heterocycles. The summed E-state index contributed by atoms with van der Waals surface area (Å²) in [4.78, 5) is 0. The van der Waals surface area contributed by atoms with E-state index >= 15 is 0 Å². The van der Waals surface area contributed by atoms with Crippen LogP contribution in [0.5, 0.6) is 0 Å². The van der Waals surface area contributed by atoms with Crippen LogP contribution in [0.25, 0.3) is 0 Å². The summed E-state index contributed by atoms with van der Waals surface area (Å²) in [7, 11) is 0. The molecule has 0 amide bonds. The molecule has 18 heavy (non-hydrogen) atoms. The molecule has 0 aliphatic heterocycles. The molecule has 1 heteroatoms. The lowest BCUT2D eigenvalue weighted by molar-refractivity contribution is 0.412. The molecule has 0 spiro atoms. The van der Waals surface area contributed by atoms with Crippen LogP contribution in [0, 0.1) is 5.41 Å². The lowest BCUT2D eigenvalue weighted by Crippen LogP contribution is -2.06. The molecule has 0 aromatic carbocycles. The van der Waals surface area contributed by atoms with Crippen molar-refractivity contribution in [2.75, 3.05) is 5.33 Å². The van der Waals surface area contributed by atoms with Crippen LogP contribution in [0.2, 0.25) is 0 Å². The highest BCUT2D eigenvalue weighted by atomic mass is 79.9. The van der Waals surface area contributed by atoms with Crippen LogP contribution in [0.1, 0.15) is 47.5 Å². The standard InChI is InChI=1S/C17H27Br/c1-7-8-16(11-12-18)10-9-14(2)15(3)13-17(4,5)6/h7-10H,3,11-13H2,1-2,4-6H3/b8-7-,14-9+,16-10+. The number of rotatable bonds is 6. The maximum absolute atomic E-state index is 4.19. The highest BCUT2D eigenvalue weighted by Gasteiger charge is 2.12. The Bertz CT molecular complexity index is 348. The minimum absolute atomic E-state index is 0.303. The van der Waals surface area contributed by atoms with Gasteiger partial charge in [0.2, 0.25) is 0 Å². The van der Waals surface area contributed by atoms with Crippen molar-refractivity contribution in [2.45, 2.75) is 47.5 Å². The van der Waals surface area contributed by atoms with Gasteiger partial charge in [0.05, 0.1) is 0 Å². The van der Waals surface area contributed by atoms with Gasteiger partial charge < -0.3 is 0 Å². The van der Waals surface area contributed by atoms with Crippen LogP contribution in [0.4, 0.5) is 0 Å². The molecule has 0 radical (unpaired) electrons. The first-order valence-electron chi connectivity index (χ1n) is 6.54. The smallest absolute Gasteiger partial charge is 0.00718 e. The van der Waals surface area contributed by atoms with E-state index in [1.54, 1.807) is 0 Å². The van der Waals surface area contributed by atoms with Gasteiger partial charge in [0.25, 0.3) is 0 Å². The third-order valence-electron chi connectivity index (χ3n) is 2.61. The van der Waals surface area contributed by atoms with Crippen LogP contribution in [-0.2, 0) is 0 Å². The summed E-state index contributed by atoms with van der Waals surface area (Å²) in [5.41, 5.74) is 4.16. The van der Waals surface area contributed by atoms with Gasteiger partial charge >= 0.3 is 0 Å². The van der Waals surface area contributed by atoms with Crippen molar-refractivity contribution in [3.63, 3.8) is 0 Å². The zero-order valence-electron chi connectivity index (χ0n) is 12.5. The van der Waals surface area contributed by atoms with E-state index in [9.17, 15) is 0 Å². The lowest BCUT2D eigenvalue weighted by Gasteiger charge is -2.20. The summed E-state index contributed by atoms with van der Waals surface area (Å²) < 4.78 is 0. The Hall–Kier alpha value is -0.560. The molecule has 0 saturated heterocycles. The van der Waals surface area contributed by atoms with Gasteiger partial charge in [-0.3, -0.25) is 0 Å². The molecule has 0 aliphatic carbocycles. The molecule has 0 fully saturated rings. The minimum atomic E-state index is 0.303. The maximum Gasteiger partial charge on any atom is 0.00718 e. The van der Waals surface area contributed by atoms with Crippen LogP contribution in [0.15, 0.2) is 47.6 Å². The second-order valence-corrected chi connectivity index (χ2v) is 6.66. The molecule has 0 nitrogen and oxygen atoms in total. The van der Waals surface area contributed by atoms with Gasteiger partial charge in [-0.05, 0) is 43.3 Å². The summed E-state index contributed by atoms with van der Waals surface area (Å²) in [5, 5.41) is 0.999. The molecule has 0 saturated carbocycles. The van der Waals surface area contributed by atoms with Crippen molar-refractivity contribution in [1.82, 2.24) is 0 Å². The average Bonchev–Trinajstić information content (AvgIpc) is 2.23. The third-order valence-corrected chi connectivity index (χ3v) is 3.01. The van der Waals surface area contributed by atoms with Gasteiger partial charge in [-0.25, -0.2) is 0 Å². The number of hydrogen-bond acceptors (Lipinski definition) is 0. The number of halogens is 1. The number of alkyl halides is 1. The highest BCUT2D eigenvalue weighted by molar-refractivity contribution is 9.09. The van der Waals surface area contributed by atoms with E-state index in [-0.39, 0.29) is 0 Å². The summed E-state index contributed by atoms with van der Waals surface area (Å²) >= 11 is 3.48. The van der Waals surface area contributed by atoms with Gasteiger partial charge in [-0.2, -0.15) is 0 Å². The van der Waals surface area contributed by atoms with Gasteiger partial charge in [0.1, 0.15) is 0 Å². The third kappa shape index (κ3) is 8.52. The molecule has 0 bridgehead atoms. The van der Waals surface area contributed by atoms with E-state index < -0.39 is 0 Å². The zero-order chi connectivity index (χ0) is 14.2. The van der Waals surface area contributed by atoms with E-state index in [0.29, 0.717) is 5.41 Å². The first-order chi connectivity index (χ1) is 8.30. The quantitative estimate of drug-likeness (QED) is 0.404. The Morgan fingerprint density at radius 2 is 1.83 bits per heavy atom. The fourth-order valence-electron chi connectivity index (χ4n) is 1.67. The molecule has 0 aliphatic rings. The summed E-state index contributed by atoms with van der Waals surface area (Å²) in [5.74, 6) is 0. The zero-order valence-corrected chi connectivity index (χ0v) is 14.1. The largest absolute Gasteiger partial charge is 0.0955 e. The summed E-state index contributed by atoms with van der Waals surface area (Å²) in [6.07, 6.45) is 10.7. The molecule has 102 valence electrons. The van der Waals surface area contributed by atoms with E-state index in [1.807, 2.05) is 0 Å². The molecule has 0 unspecified atom stereocenters. The van der Waals surface area contributed by atoms with Crippen molar-refractivity contribution in [3.05, 3.63) is 47.6 Å². The molecule has 0 atom stereocenters. The first-order valence-corrected chi connectivity index (χ1v) is 7.66. The predicted octanol–water partition coefficient (Wildman–Crippen LogP) is 6.21. The van der Waals surface area contributed by atoms with E-state index in [0.717, 1.165) is 18.2 Å². The van der Waals surface area contributed by atoms with Gasteiger partial charge in [0.15, 0.2) is 0 Å². The lowest BCUT2D eigenvalue weighted by atomic mass is 9.86. The molecule has 0 aromatic heterocycles. The van der Waals surface area contributed by atoms with E-state index in [4.69, 9.17) is 0 Å². The molecule has 0 N–H and O–H groups in total. The van der Waals surface area contributed by atoms with Crippen LogP contribution >= 0.6 is 15.9 Å². The van der Waals surface area contributed by atoms with Crippen LogP contribution in [-0.4, -0.2) is 5.33 Å². The fraction of sp³-hybridized carbons (Fsp3) is 0.529. The van der Waals surface area contributed by atoms with Crippen molar-refractivity contribution < 1.29 is 0 Å². The summed E-state index contributed by atoms with van der Waals surface area (Å²) in [6, 6.07) is 0. The second kappa shape index (κ2) is 8.53. The van der Waals surface area contributed by atoms with Crippen LogP contribution in [0.3, 0.4) is 0 Å². The fourth-order valence-corrected chi connectivity index (χ4v) is 2.13. The van der Waals surface area contributed by atoms with Crippen molar-refractivity contribution in [3.8, 4) is 0 Å². The Balaban J connectivity index is 4.75. The highest BCUT2D eigenvalue weighted by Crippen LogP contribution is 2.26. The van der Waals surface area contributed by atoms with Crippen molar-refractivity contribution >= 4 is 15.9 Å². The van der Waals surface area contributed by atoms with Crippen molar-refractivity contribution in [2.24, 2.45) is 5.41 Å². The normalized spacial score (nSPS) is 14.3. The second-order valence-electron chi connectivity index (χ2n) is 5.87. The molecule has 0 aromatic rings. The monoisotopic (exact) mass is 310 g/mol. The predicted molar refractivity (Wildman–Crippen MR) is 88.3 cm³/mol. The number of allylic oxidation sites excluding steroid dienone is 7.